The summed E-state index contributed by atoms with van der Waals surface area (Å²) in [5, 5.41) is 23.4. The summed E-state index contributed by atoms with van der Waals surface area (Å²) in [4.78, 5) is 34.3. The molecule has 0 saturated carbocycles. The van der Waals surface area contributed by atoms with Crippen LogP contribution in [0.25, 0.3) is 0 Å². The Morgan fingerprint density at radius 3 is 2.37 bits per heavy atom. The van der Waals surface area contributed by atoms with E-state index in [0.29, 0.717) is 4.31 Å². The molecule has 0 spiro atoms. The number of nitro benzene ring substituents is 1. The number of ether oxygens (including phenoxy) is 2. The van der Waals surface area contributed by atoms with Crippen LogP contribution in [-0.2, 0) is 26.1 Å². The molecular weight excluding hydrogens is 482 g/mol. The normalized spacial score (nSPS) is 12.6. The molecule has 1 atom stereocenters. The van der Waals surface area contributed by atoms with Crippen LogP contribution in [0.1, 0.15) is 33.3 Å². The van der Waals surface area contributed by atoms with Crippen molar-refractivity contribution >= 4 is 33.5 Å². The minimum Gasteiger partial charge on any atom is -0.495 e. The van der Waals surface area contributed by atoms with Gasteiger partial charge in [-0.25, -0.2) is 13.2 Å². The summed E-state index contributed by atoms with van der Waals surface area (Å²) in [5.74, 6) is -1.32. The third-order valence-corrected chi connectivity index (χ3v) is 6.63. The van der Waals surface area contributed by atoms with Gasteiger partial charge >= 0.3 is 12.1 Å². The number of methoxy groups -OCH3 is 1. The highest BCUT2D eigenvalue weighted by Gasteiger charge is 2.35. The molecule has 0 radical (unpaired) electrons. The first kappa shape index (κ1) is 27.5. The molecule has 0 bridgehead atoms. The fourth-order valence-electron chi connectivity index (χ4n) is 3.04. The Labute approximate surface area is 202 Å². The number of aliphatic carboxylic acids is 1. The van der Waals surface area contributed by atoms with Gasteiger partial charge in [0.05, 0.1) is 22.6 Å². The Kier molecular flexibility index (Phi) is 8.41. The van der Waals surface area contributed by atoms with Gasteiger partial charge in [-0.05, 0) is 45.9 Å². The fraction of sp³-hybridized carbons (Fsp3) is 0.364. The Balaban J connectivity index is 2.55. The Hall–Kier alpha value is -3.71. The average Bonchev–Trinajstić information content (AvgIpc) is 2.75. The van der Waals surface area contributed by atoms with Gasteiger partial charge in [0.2, 0.25) is 10.0 Å². The van der Waals surface area contributed by atoms with E-state index in [1.165, 1.54) is 43.5 Å². The standard InChI is InChI=1S/C22H27N3O9S/c1-14(20(26)27)24(13-15-8-6-7-9-18(15)25(29)30)35(31,32)16-10-11-19(33-5)17(12-16)23-21(28)34-22(2,3)4/h6-12,14H,13H2,1-5H3,(H,23,28)(H,26,27). The van der Waals surface area contributed by atoms with Gasteiger partial charge in [-0.3, -0.25) is 20.2 Å². The number of nitrogens with one attached hydrogen (secondary N) is 1. The number of nitro groups is 1. The molecule has 0 fully saturated rings. The molecule has 0 saturated heterocycles. The predicted octanol–water partition coefficient (Wildman–Crippen LogP) is 3.61. The lowest BCUT2D eigenvalue weighted by molar-refractivity contribution is -0.385. The highest BCUT2D eigenvalue weighted by atomic mass is 32.2. The van der Waals surface area contributed by atoms with Crippen molar-refractivity contribution in [2.45, 2.75) is 50.8 Å². The predicted molar refractivity (Wildman–Crippen MR) is 126 cm³/mol. The van der Waals surface area contributed by atoms with Gasteiger partial charge in [0.1, 0.15) is 17.4 Å². The van der Waals surface area contributed by atoms with E-state index in [2.05, 4.69) is 5.32 Å². The second-order valence-electron chi connectivity index (χ2n) is 8.44. The molecule has 0 aliphatic carbocycles. The number of carbonyl (C=O) groups excluding carboxylic acids is 1. The molecule has 2 aromatic carbocycles. The van der Waals surface area contributed by atoms with Gasteiger partial charge in [-0.1, -0.05) is 18.2 Å². The van der Waals surface area contributed by atoms with E-state index >= 15 is 0 Å². The summed E-state index contributed by atoms with van der Waals surface area (Å²) in [6, 6.07) is 7.43. The van der Waals surface area contributed by atoms with Crippen LogP contribution in [0.3, 0.4) is 0 Å². The van der Waals surface area contributed by atoms with Crippen LogP contribution in [0, 0.1) is 10.1 Å². The number of para-hydroxylation sites is 1. The smallest absolute Gasteiger partial charge is 0.412 e. The van der Waals surface area contributed by atoms with Crippen LogP contribution in [0.2, 0.25) is 0 Å². The van der Waals surface area contributed by atoms with Crippen molar-refractivity contribution in [3.63, 3.8) is 0 Å². The lowest BCUT2D eigenvalue weighted by atomic mass is 10.1. The molecular formula is C22H27N3O9S. The van der Waals surface area contributed by atoms with E-state index in [1.54, 1.807) is 20.8 Å². The molecule has 190 valence electrons. The summed E-state index contributed by atoms with van der Waals surface area (Å²) in [6.07, 6.45) is -0.860. The van der Waals surface area contributed by atoms with E-state index < -0.39 is 45.2 Å². The molecule has 35 heavy (non-hydrogen) atoms. The highest BCUT2D eigenvalue weighted by Crippen LogP contribution is 2.31. The number of carboxylic acid groups (broad SMARTS) is 1. The van der Waals surface area contributed by atoms with Crippen LogP contribution in [-0.4, -0.2) is 53.6 Å². The maximum atomic E-state index is 13.5. The van der Waals surface area contributed by atoms with Crippen molar-refractivity contribution in [3.05, 3.63) is 58.1 Å². The zero-order valence-corrected chi connectivity index (χ0v) is 20.7. The first-order chi connectivity index (χ1) is 16.2. The second-order valence-corrected chi connectivity index (χ2v) is 10.3. The van der Waals surface area contributed by atoms with E-state index in [-0.39, 0.29) is 27.6 Å². The number of hydrogen-bond acceptors (Lipinski definition) is 8. The number of amides is 1. The van der Waals surface area contributed by atoms with E-state index in [0.717, 1.165) is 13.0 Å². The van der Waals surface area contributed by atoms with Crippen LogP contribution in [0.4, 0.5) is 16.2 Å². The molecule has 13 heteroatoms. The van der Waals surface area contributed by atoms with Crippen molar-refractivity contribution < 1.29 is 37.5 Å². The molecule has 0 aromatic heterocycles. The van der Waals surface area contributed by atoms with Crippen molar-refractivity contribution in [1.29, 1.82) is 0 Å². The lowest BCUT2D eigenvalue weighted by Crippen LogP contribution is -2.42. The molecule has 2 aromatic rings. The zero-order valence-electron chi connectivity index (χ0n) is 19.8. The summed E-state index contributed by atoms with van der Waals surface area (Å²) in [5.41, 5.74) is -1.20. The van der Waals surface area contributed by atoms with Crippen molar-refractivity contribution in [3.8, 4) is 5.75 Å². The van der Waals surface area contributed by atoms with Gasteiger partial charge in [0.25, 0.3) is 5.69 Å². The molecule has 2 rings (SSSR count). The van der Waals surface area contributed by atoms with E-state index in [9.17, 15) is 33.2 Å². The first-order valence-corrected chi connectivity index (χ1v) is 11.8. The van der Waals surface area contributed by atoms with Crippen LogP contribution in [0.15, 0.2) is 47.4 Å². The number of carboxylic acids is 1. The largest absolute Gasteiger partial charge is 0.495 e. The topological polar surface area (TPSA) is 165 Å². The Morgan fingerprint density at radius 1 is 1.20 bits per heavy atom. The summed E-state index contributed by atoms with van der Waals surface area (Å²) < 4.78 is 38.1. The number of nitrogens with zero attached hydrogens (tertiary/aromatic N) is 2. The Morgan fingerprint density at radius 2 is 1.83 bits per heavy atom. The zero-order chi connectivity index (χ0) is 26.6. The van der Waals surface area contributed by atoms with E-state index in [1.807, 2.05) is 0 Å². The SMILES string of the molecule is COc1ccc(S(=O)(=O)N(Cc2ccccc2[N+](=O)[O-])C(C)C(=O)O)cc1NC(=O)OC(C)(C)C. The fourth-order valence-corrected chi connectivity index (χ4v) is 4.63. The van der Waals surface area contributed by atoms with Crippen LogP contribution >= 0.6 is 0 Å². The first-order valence-electron chi connectivity index (χ1n) is 10.3. The molecule has 1 amide bonds. The number of hydrogen-bond donors (Lipinski definition) is 2. The van der Waals surface area contributed by atoms with Gasteiger partial charge in [0, 0.05) is 18.2 Å². The lowest BCUT2D eigenvalue weighted by Gasteiger charge is -2.26. The van der Waals surface area contributed by atoms with Crippen LogP contribution < -0.4 is 10.1 Å². The molecule has 2 N–H and O–H groups in total. The van der Waals surface area contributed by atoms with Crippen LogP contribution in [0.5, 0.6) is 5.75 Å². The van der Waals surface area contributed by atoms with E-state index in [4.69, 9.17) is 9.47 Å². The van der Waals surface area contributed by atoms with Gasteiger partial charge in [0.15, 0.2) is 0 Å². The molecule has 0 aliphatic rings. The third kappa shape index (κ3) is 6.90. The van der Waals surface area contributed by atoms with Crippen molar-refractivity contribution in [1.82, 2.24) is 4.31 Å². The summed E-state index contributed by atoms with van der Waals surface area (Å²) in [7, 11) is -3.21. The summed E-state index contributed by atoms with van der Waals surface area (Å²) in [6.45, 7) is 5.53. The highest BCUT2D eigenvalue weighted by molar-refractivity contribution is 7.89. The van der Waals surface area contributed by atoms with Crippen molar-refractivity contribution in [2.75, 3.05) is 12.4 Å². The number of benzene rings is 2. The number of carbonyl (C=O) groups is 2. The minimum atomic E-state index is -4.52. The second kappa shape index (κ2) is 10.7. The minimum absolute atomic E-state index is 0.00906. The van der Waals surface area contributed by atoms with Gasteiger partial charge in [-0.2, -0.15) is 4.31 Å². The number of sulfonamides is 1. The maximum Gasteiger partial charge on any atom is 0.412 e. The maximum absolute atomic E-state index is 13.5. The third-order valence-electron chi connectivity index (χ3n) is 4.72. The van der Waals surface area contributed by atoms with Crippen molar-refractivity contribution in [2.24, 2.45) is 0 Å². The number of rotatable bonds is 9. The van der Waals surface area contributed by atoms with Gasteiger partial charge < -0.3 is 14.6 Å². The molecule has 1 unspecified atom stereocenters. The molecule has 0 heterocycles. The number of anilines is 1. The average molecular weight is 510 g/mol. The quantitative estimate of drug-likeness (QED) is 0.379. The summed E-state index contributed by atoms with van der Waals surface area (Å²) >= 11 is 0. The van der Waals surface area contributed by atoms with Gasteiger partial charge in [-0.15, -0.1) is 0 Å². The monoisotopic (exact) mass is 509 g/mol. The molecule has 0 aliphatic heterocycles. The molecule has 12 nitrogen and oxygen atoms in total. The Bertz CT molecular complexity index is 1220.